The van der Waals surface area contributed by atoms with E-state index in [1.54, 1.807) is 10.9 Å². The Balaban J connectivity index is 1.81. The van der Waals surface area contributed by atoms with Gasteiger partial charge in [-0.05, 0) is 19.3 Å². The van der Waals surface area contributed by atoms with E-state index < -0.39 is 0 Å². The van der Waals surface area contributed by atoms with Crippen molar-refractivity contribution in [2.24, 2.45) is 7.05 Å². The molecule has 2 rings (SSSR count). The lowest BCUT2D eigenvalue weighted by Crippen LogP contribution is -2.42. The van der Waals surface area contributed by atoms with E-state index in [2.05, 4.69) is 15.5 Å². The van der Waals surface area contributed by atoms with Gasteiger partial charge in [0.25, 0.3) is 0 Å². The van der Waals surface area contributed by atoms with Crippen molar-refractivity contribution in [1.82, 2.24) is 25.0 Å². The van der Waals surface area contributed by atoms with Gasteiger partial charge < -0.3 is 14.8 Å². The zero-order valence-corrected chi connectivity index (χ0v) is 9.52. The number of carbonyl (C=O) groups excluding carboxylic acids is 1. The highest BCUT2D eigenvalue weighted by Crippen LogP contribution is 2.08. The van der Waals surface area contributed by atoms with Crippen molar-refractivity contribution in [3.63, 3.8) is 0 Å². The third-order valence-electron chi connectivity index (χ3n) is 2.85. The third-order valence-corrected chi connectivity index (χ3v) is 2.85. The number of rotatable bonds is 2. The second-order valence-electron chi connectivity index (χ2n) is 4.06. The average Bonchev–Trinajstić information content (AvgIpc) is 2.73. The maximum Gasteiger partial charge on any atom is 0.317 e. The molecule has 0 atom stereocenters. The normalized spacial score (nSPS) is 16.2. The van der Waals surface area contributed by atoms with Crippen molar-refractivity contribution in [3.05, 3.63) is 12.2 Å². The first-order valence-electron chi connectivity index (χ1n) is 5.63. The molecule has 2 heterocycles. The number of carbonyl (C=O) groups is 1. The summed E-state index contributed by atoms with van der Waals surface area (Å²) in [5, 5.41) is 10.5. The van der Waals surface area contributed by atoms with Gasteiger partial charge >= 0.3 is 6.03 Å². The molecule has 6 nitrogen and oxygen atoms in total. The molecule has 1 aliphatic rings. The fourth-order valence-corrected chi connectivity index (χ4v) is 1.83. The quantitative estimate of drug-likeness (QED) is 0.794. The molecular weight excluding hydrogens is 206 g/mol. The van der Waals surface area contributed by atoms with Gasteiger partial charge in [-0.1, -0.05) is 0 Å². The SMILES string of the molecule is Cn1cnnc1CNC(=O)N1CCCCC1. The number of likely N-dealkylation sites (tertiary alicyclic amines) is 1. The summed E-state index contributed by atoms with van der Waals surface area (Å²) in [5.74, 6) is 0.769. The summed E-state index contributed by atoms with van der Waals surface area (Å²) in [5.41, 5.74) is 0. The zero-order valence-electron chi connectivity index (χ0n) is 9.52. The fourth-order valence-electron chi connectivity index (χ4n) is 1.83. The third kappa shape index (κ3) is 2.50. The Morgan fingerprint density at radius 2 is 2.19 bits per heavy atom. The van der Waals surface area contributed by atoms with Crippen molar-refractivity contribution in [2.75, 3.05) is 13.1 Å². The Morgan fingerprint density at radius 3 is 2.81 bits per heavy atom. The highest BCUT2D eigenvalue weighted by Gasteiger charge is 2.16. The van der Waals surface area contributed by atoms with Crippen LogP contribution in [0.25, 0.3) is 0 Å². The monoisotopic (exact) mass is 223 g/mol. The molecule has 1 fully saturated rings. The average molecular weight is 223 g/mol. The Morgan fingerprint density at radius 1 is 1.44 bits per heavy atom. The van der Waals surface area contributed by atoms with Gasteiger partial charge in [0.1, 0.15) is 6.33 Å². The molecule has 0 spiro atoms. The largest absolute Gasteiger partial charge is 0.331 e. The van der Waals surface area contributed by atoms with Gasteiger partial charge in [-0.25, -0.2) is 4.79 Å². The lowest BCUT2D eigenvalue weighted by atomic mass is 10.1. The number of nitrogens with one attached hydrogen (secondary N) is 1. The van der Waals surface area contributed by atoms with Gasteiger partial charge in [0.2, 0.25) is 0 Å². The minimum atomic E-state index is 0.00250. The molecule has 1 saturated heterocycles. The Bertz CT molecular complexity index is 356. The summed E-state index contributed by atoms with van der Waals surface area (Å²) in [6, 6.07) is 0.00250. The molecule has 1 N–H and O–H groups in total. The number of hydrogen-bond acceptors (Lipinski definition) is 3. The molecule has 1 aliphatic heterocycles. The number of nitrogens with zero attached hydrogens (tertiary/aromatic N) is 4. The molecule has 1 aromatic heterocycles. The predicted octanol–water partition coefficient (Wildman–Crippen LogP) is 0.511. The van der Waals surface area contributed by atoms with Crippen LogP contribution in [0.4, 0.5) is 4.79 Å². The van der Waals surface area contributed by atoms with Crippen LogP contribution in [0.15, 0.2) is 6.33 Å². The van der Waals surface area contributed by atoms with Crippen molar-refractivity contribution in [1.29, 1.82) is 0 Å². The minimum Gasteiger partial charge on any atom is -0.331 e. The topological polar surface area (TPSA) is 63.1 Å². The zero-order chi connectivity index (χ0) is 11.4. The number of aromatic nitrogens is 3. The van der Waals surface area contributed by atoms with Gasteiger partial charge in [-0.3, -0.25) is 0 Å². The summed E-state index contributed by atoms with van der Waals surface area (Å²) in [7, 11) is 1.86. The number of piperidine rings is 1. The van der Waals surface area contributed by atoms with E-state index >= 15 is 0 Å². The minimum absolute atomic E-state index is 0.00250. The first-order chi connectivity index (χ1) is 7.77. The summed E-state index contributed by atoms with van der Waals surface area (Å²) in [6.45, 7) is 2.17. The summed E-state index contributed by atoms with van der Waals surface area (Å²) in [4.78, 5) is 13.6. The molecule has 0 aromatic carbocycles. The fraction of sp³-hybridized carbons (Fsp3) is 0.700. The molecule has 0 radical (unpaired) electrons. The van der Waals surface area contributed by atoms with E-state index in [9.17, 15) is 4.79 Å². The molecular formula is C10H17N5O. The van der Waals surface area contributed by atoms with Gasteiger partial charge in [-0.2, -0.15) is 0 Å². The van der Waals surface area contributed by atoms with Crippen molar-refractivity contribution in [3.8, 4) is 0 Å². The van der Waals surface area contributed by atoms with Crippen LogP contribution in [-0.4, -0.2) is 38.8 Å². The van der Waals surface area contributed by atoms with Gasteiger partial charge in [0.15, 0.2) is 5.82 Å². The molecule has 2 amide bonds. The van der Waals surface area contributed by atoms with E-state index in [1.165, 1.54) is 6.42 Å². The molecule has 1 aromatic rings. The Hall–Kier alpha value is -1.59. The number of urea groups is 1. The lowest BCUT2D eigenvalue weighted by Gasteiger charge is -2.26. The molecule has 88 valence electrons. The van der Waals surface area contributed by atoms with Crippen LogP contribution in [0.3, 0.4) is 0 Å². The van der Waals surface area contributed by atoms with Crippen molar-refractivity contribution in [2.45, 2.75) is 25.8 Å². The lowest BCUT2D eigenvalue weighted by molar-refractivity contribution is 0.185. The maximum absolute atomic E-state index is 11.8. The van der Waals surface area contributed by atoms with Crippen molar-refractivity contribution >= 4 is 6.03 Å². The molecule has 16 heavy (non-hydrogen) atoms. The molecule has 0 saturated carbocycles. The number of aryl methyl sites for hydroxylation is 1. The van der Waals surface area contributed by atoms with E-state index in [0.29, 0.717) is 6.54 Å². The first-order valence-corrected chi connectivity index (χ1v) is 5.63. The van der Waals surface area contributed by atoms with Gasteiger partial charge in [0, 0.05) is 20.1 Å². The molecule has 0 unspecified atom stereocenters. The Kier molecular flexibility index (Phi) is 3.38. The van der Waals surface area contributed by atoms with Gasteiger partial charge in [-0.15, -0.1) is 10.2 Å². The van der Waals surface area contributed by atoms with E-state index in [4.69, 9.17) is 0 Å². The Labute approximate surface area is 94.6 Å². The standard InChI is InChI=1S/C10H17N5O/c1-14-8-12-13-9(14)7-11-10(16)15-5-3-2-4-6-15/h8H,2-7H2,1H3,(H,11,16). The molecule has 0 aliphatic carbocycles. The maximum atomic E-state index is 11.8. The predicted molar refractivity (Wildman–Crippen MR) is 58.7 cm³/mol. The van der Waals surface area contributed by atoms with E-state index in [1.807, 2.05) is 11.9 Å². The molecule has 0 bridgehead atoms. The number of amides is 2. The van der Waals surface area contributed by atoms with Crippen molar-refractivity contribution < 1.29 is 4.79 Å². The summed E-state index contributed by atoms with van der Waals surface area (Å²) < 4.78 is 1.80. The van der Waals surface area contributed by atoms with Gasteiger partial charge in [0.05, 0.1) is 6.54 Å². The van der Waals surface area contributed by atoms with Crippen LogP contribution in [-0.2, 0) is 13.6 Å². The number of hydrogen-bond donors (Lipinski definition) is 1. The summed E-state index contributed by atoms with van der Waals surface area (Å²) >= 11 is 0. The smallest absolute Gasteiger partial charge is 0.317 e. The highest BCUT2D eigenvalue weighted by molar-refractivity contribution is 5.74. The van der Waals surface area contributed by atoms with Crippen LogP contribution >= 0.6 is 0 Å². The van der Waals surface area contributed by atoms with Crippen LogP contribution in [0.1, 0.15) is 25.1 Å². The molecule has 6 heteroatoms. The second-order valence-corrected chi connectivity index (χ2v) is 4.06. The summed E-state index contributed by atoms with van der Waals surface area (Å²) in [6.07, 6.45) is 5.07. The highest BCUT2D eigenvalue weighted by atomic mass is 16.2. The van der Waals surface area contributed by atoms with E-state index in [0.717, 1.165) is 31.8 Å². The second kappa shape index (κ2) is 4.96. The van der Waals surface area contributed by atoms with Crippen LogP contribution < -0.4 is 5.32 Å². The van der Waals surface area contributed by atoms with Crippen LogP contribution in [0, 0.1) is 0 Å². The van der Waals surface area contributed by atoms with Crippen LogP contribution in [0.2, 0.25) is 0 Å². The first kappa shape index (κ1) is 10.9. The van der Waals surface area contributed by atoms with E-state index in [-0.39, 0.29) is 6.03 Å². The van der Waals surface area contributed by atoms with Crippen LogP contribution in [0.5, 0.6) is 0 Å².